The van der Waals surface area contributed by atoms with Gasteiger partial charge in [-0.3, -0.25) is 9.36 Å². The summed E-state index contributed by atoms with van der Waals surface area (Å²) < 4.78 is 22.2. The van der Waals surface area contributed by atoms with Gasteiger partial charge in [-0.05, 0) is 42.5 Å². The third-order valence-corrected chi connectivity index (χ3v) is 5.89. The number of methoxy groups -OCH3 is 3. The number of nitrogens with one attached hydrogen (secondary N) is 1. The average molecular weight is 527 g/mol. The molecule has 37 heavy (non-hydrogen) atoms. The Labute approximate surface area is 217 Å². The third-order valence-electron chi connectivity index (χ3n) is 4.92. The first kappa shape index (κ1) is 27.3. The van der Waals surface area contributed by atoms with Crippen molar-refractivity contribution in [1.82, 2.24) is 14.8 Å². The molecule has 1 heterocycles. The first-order valence-electron chi connectivity index (χ1n) is 10.9. The Kier molecular flexibility index (Phi) is 9.67. The fraction of sp³-hybridized carbons (Fsp3) is 0.240. The highest BCUT2D eigenvalue weighted by Gasteiger charge is 2.17. The molecule has 2 aromatic carbocycles. The highest BCUT2D eigenvalue weighted by Crippen LogP contribution is 2.22. The van der Waals surface area contributed by atoms with E-state index in [1.807, 2.05) is 0 Å². The third kappa shape index (κ3) is 7.34. The highest BCUT2D eigenvalue weighted by molar-refractivity contribution is 7.99. The molecule has 0 unspecified atom stereocenters. The summed E-state index contributed by atoms with van der Waals surface area (Å²) in [6.45, 7) is 4.35. The van der Waals surface area contributed by atoms with E-state index in [-0.39, 0.29) is 35.1 Å². The molecule has 3 rings (SSSR count). The fourth-order valence-electron chi connectivity index (χ4n) is 3.16. The summed E-state index contributed by atoms with van der Waals surface area (Å²) in [5.41, 5.74) is 0.441. The van der Waals surface area contributed by atoms with Crippen LogP contribution >= 0.6 is 11.8 Å². The summed E-state index contributed by atoms with van der Waals surface area (Å²) in [6, 6.07) is 11.3. The molecule has 1 aromatic heterocycles. The maximum Gasteiger partial charge on any atom is 0.337 e. The lowest BCUT2D eigenvalue weighted by atomic mass is 10.1. The highest BCUT2D eigenvalue weighted by atomic mass is 32.2. The van der Waals surface area contributed by atoms with Gasteiger partial charge in [0.25, 0.3) is 0 Å². The summed E-state index contributed by atoms with van der Waals surface area (Å²) >= 11 is 1.17. The summed E-state index contributed by atoms with van der Waals surface area (Å²) in [5.74, 6) is 0.222. The van der Waals surface area contributed by atoms with Gasteiger partial charge >= 0.3 is 11.9 Å². The standard InChI is InChI=1S/C25H26N4O7S/c1-5-10-29-21(14-36-20-8-6-19(33-2)7-9-20)27-28-25(29)37-15-22(30)26-18-12-16(23(31)34-3)11-17(13-18)24(32)35-4/h5-9,11-13H,1,10,14-15H2,2-4H3,(H,26,30). The molecule has 11 nitrogen and oxygen atoms in total. The first-order chi connectivity index (χ1) is 17.9. The summed E-state index contributed by atoms with van der Waals surface area (Å²) in [5, 5.41) is 11.5. The molecular formula is C25H26N4O7S. The van der Waals surface area contributed by atoms with Gasteiger partial charge in [-0.25, -0.2) is 9.59 Å². The van der Waals surface area contributed by atoms with E-state index >= 15 is 0 Å². The summed E-state index contributed by atoms with van der Waals surface area (Å²) in [4.78, 5) is 36.6. The van der Waals surface area contributed by atoms with Gasteiger partial charge in [-0.15, -0.1) is 16.8 Å². The van der Waals surface area contributed by atoms with Crippen molar-refractivity contribution < 1.29 is 33.3 Å². The average Bonchev–Trinajstić information content (AvgIpc) is 3.31. The van der Waals surface area contributed by atoms with Crippen LogP contribution in [0.25, 0.3) is 0 Å². The molecule has 0 fully saturated rings. The van der Waals surface area contributed by atoms with Gasteiger partial charge in [-0.1, -0.05) is 17.8 Å². The van der Waals surface area contributed by atoms with Gasteiger partial charge in [-0.2, -0.15) is 0 Å². The second-order valence-electron chi connectivity index (χ2n) is 7.38. The number of benzene rings is 2. The Morgan fingerprint density at radius 2 is 1.59 bits per heavy atom. The molecule has 0 bridgehead atoms. The van der Waals surface area contributed by atoms with Crippen molar-refractivity contribution >= 4 is 35.3 Å². The topological polar surface area (TPSA) is 131 Å². The number of carbonyl (C=O) groups is 3. The first-order valence-corrected chi connectivity index (χ1v) is 11.9. The van der Waals surface area contributed by atoms with E-state index in [0.717, 1.165) is 5.75 Å². The van der Waals surface area contributed by atoms with Crippen LogP contribution in [-0.2, 0) is 27.4 Å². The van der Waals surface area contributed by atoms with E-state index in [1.54, 1.807) is 42.0 Å². The number of hydrogen-bond donors (Lipinski definition) is 1. The monoisotopic (exact) mass is 526 g/mol. The Morgan fingerprint density at radius 3 is 2.16 bits per heavy atom. The molecule has 1 N–H and O–H groups in total. The number of hydrogen-bond acceptors (Lipinski definition) is 10. The lowest BCUT2D eigenvalue weighted by Gasteiger charge is -2.11. The fourth-order valence-corrected chi connectivity index (χ4v) is 3.93. The van der Waals surface area contributed by atoms with Crippen LogP contribution in [0.2, 0.25) is 0 Å². The lowest BCUT2D eigenvalue weighted by molar-refractivity contribution is -0.113. The van der Waals surface area contributed by atoms with Crippen molar-refractivity contribution in [2.75, 3.05) is 32.4 Å². The van der Waals surface area contributed by atoms with Crippen LogP contribution in [0, 0.1) is 0 Å². The predicted octanol–water partition coefficient (Wildman–Crippen LogP) is 3.36. The quantitative estimate of drug-likeness (QED) is 0.213. The lowest BCUT2D eigenvalue weighted by Crippen LogP contribution is -2.16. The van der Waals surface area contributed by atoms with Crippen LogP contribution in [0.4, 0.5) is 5.69 Å². The number of aromatic nitrogens is 3. The Bertz CT molecular complexity index is 1240. The second kappa shape index (κ2) is 13.1. The van der Waals surface area contributed by atoms with Gasteiger partial charge in [0.15, 0.2) is 11.0 Å². The predicted molar refractivity (Wildman–Crippen MR) is 136 cm³/mol. The van der Waals surface area contributed by atoms with Crippen LogP contribution in [0.15, 0.2) is 60.3 Å². The Balaban J connectivity index is 1.67. The molecule has 0 atom stereocenters. The Hall–Kier alpha value is -4.32. The molecule has 3 aromatic rings. The van der Waals surface area contributed by atoms with Crippen molar-refractivity contribution in [2.24, 2.45) is 0 Å². The smallest absolute Gasteiger partial charge is 0.337 e. The molecule has 194 valence electrons. The van der Waals surface area contributed by atoms with Crippen LogP contribution in [0.1, 0.15) is 26.5 Å². The summed E-state index contributed by atoms with van der Waals surface area (Å²) in [6.07, 6.45) is 1.69. The van der Waals surface area contributed by atoms with Crippen molar-refractivity contribution in [3.63, 3.8) is 0 Å². The molecule has 0 radical (unpaired) electrons. The van der Waals surface area contributed by atoms with Crippen LogP contribution in [0.5, 0.6) is 11.5 Å². The number of anilines is 1. The van der Waals surface area contributed by atoms with Gasteiger partial charge in [0.1, 0.15) is 18.1 Å². The maximum atomic E-state index is 12.6. The van der Waals surface area contributed by atoms with Gasteiger partial charge in [0.2, 0.25) is 5.91 Å². The van der Waals surface area contributed by atoms with E-state index in [4.69, 9.17) is 18.9 Å². The molecule has 0 aliphatic rings. The molecule has 12 heteroatoms. The van der Waals surface area contributed by atoms with Crippen molar-refractivity contribution in [3.05, 3.63) is 72.1 Å². The zero-order valence-corrected chi connectivity index (χ0v) is 21.4. The maximum absolute atomic E-state index is 12.6. The van der Waals surface area contributed by atoms with Crippen molar-refractivity contribution in [3.8, 4) is 11.5 Å². The number of nitrogens with zero attached hydrogens (tertiary/aromatic N) is 3. The number of thioether (sulfide) groups is 1. The van der Waals surface area contributed by atoms with Crippen LogP contribution in [-0.4, -0.2) is 59.7 Å². The van der Waals surface area contributed by atoms with E-state index < -0.39 is 11.9 Å². The zero-order valence-electron chi connectivity index (χ0n) is 20.6. The molecule has 0 saturated heterocycles. The molecule has 0 aliphatic carbocycles. The number of rotatable bonds is 12. The summed E-state index contributed by atoms with van der Waals surface area (Å²) in [7, 11) is 4.03. The number of carbonyl (C=O) groups excluding carboxylic acids is 3. The van der Waals surface area contributed by atoms with Crippen molar-refractivity contribution in [2.45, 2.75) is 18.3 Å². The number of esters is 2. The van der Waals surface area contributed by atoms with E-state index in [9.17, 15) is 14.4 Å². The normalized spacial score (nSPS) is 10.4. The number of amides is 1. The SMILES string of the molecule is C=CCn1c(COc2ccc(OC)cc2)nnc1SCC(=O)Nc1cc(C(=O)OC)cc(C(=O)OC)c1. The van der Waals surface area contributed by atoms with E-state index in [0.29, 0.717) is 23.3 Å². The number of allylic oxidation sites excluding steroid dienone is 1. The number of ether oxygens (including phenoxy) is 4. The van der Waals surface area contributed by atoms with Crippen LogP contribution in [0.3, 0.4) is 0 Å². The van der Waals surface area contributed by atoms with Crippen molar-refractivity contribution in [1.29, 1.82) is 0 Å². The molecule has 0 spiro atoms. The minimum Gasteiger partial charge on any atom is -0.497 e. The van der Waals surface area contributed by atoms with Gasteiger partial charge in [0.05, 0.1) is 38.2 Å². The van der Waals surface area contributed by atoms with Gasteiger partial charge < -0.3 is 24.3 Å². The van der Waals surface area contributed by atoms with Gasteiger partial charge in [0, 0.05) is 12.2 Å². The molecular weight excluding hydrogens is 500 g/mol. The second-order valence-corrected chi connectivity index (χ2v) is 8.32. The molecule has 0 saturated carbocycles. The molecule has 0 aliphatic heterocycles. The molecule has 1 amide bonds. The largest absolute Gasteiger partial charge is 0.497 e. The zero-order chi connectivity index (χ0) is 26.8. The van der Waals surface area contributed by atoms with Crippen LogP contribution < -0.4 is 14.8 Å². The van der Waals surface area contributed by atoms with E-state index in [1.165, 1.54) is 44.2 Å². The van der Waals surface area contributed by atoms with E-state index in [2.05, 4.69) is 22.1 Å². The minimum absolute atomic E-state index is 0.00930. The minimum atomic E-state index is -0.655. The Morgan fingerprint density at radius 1 is 0.973 bits per heavy atom.